The van der Waals surface area contributed by atoms with Crippen molar-refractivity contribution in [3.05, 3.63) is 67.4 Å². The minimum Gasteiger partial charge on any atom is -0.431 e. The molecule has 0 radical (unpaired) electrons. The van der Waals surface area contributed by atoms with Crippen LogP contribution < -0.4 is 0 Å². The largest absolute Gasteiger partial charge is 0.431 e. The highest BCUT2D eigenvalue weighted by molar-refractivity contribution is 6.05. The molecule has 1 aromatic rings. The molecule has 1 aromatic heterocycles. The molecule has 0 saturated carbocycles. The van der Waals surface area contributed by atoms with Gasteiger partial charge in [0, 0.05) is 11.8 Å². The van der Waals surface area contributed by atoms with Gasteiger partial charge in [0.25, 0.3) is 0 Å². The first-order valence-electron chi connectivity index (χ1n) is 5.52. The minimum atomic E-state index is -0.824. The lowest BCUT2D eigenvalue weighted by atomic mass is 10.0. The molecule has 0 spiro atoms. The summed E-state index contributed by atoms with van der Waals surface area (Å²) in [6.45, 7) is 13.8. The lowest BCUT2D eigenvalue weighted by Crippen LogP contribution is -2.16. The number of carbonyl (C=O) groups excluding carboxylic acids is 2. The van der Waals surface area contributed by atoms with Crippen LogP contribution in [0.5, 0.6) is 0 Å². The van der Waals surface area contributed by atoms with Crippen molar-refractivity contribution in [3.63, 3.8) is 0 Å². The Hall–Kier alpha value is -2.95. The van der Waals surface area contributed by atoms with Gasteiger partial charge in [0.05, 0.1) is 12.5 Å². The molecule has 0 unspecified atom stereocenters. The van der Waals surface area contributed by atoms with Gasteiger partial charge in [0.15, 0.2) is 5.69 Å². The van der Waals surface area contributed by atoms with Crippen molar-refractivity contribution in [2.75, 3.05) is 0 Å². The van der Waals surface area contributed by atoms with E-state index in [1.54, 1.807) is 0 Å². The number of esters is 2. The van der Waals surface area contributed by atoms with Gasteiger partial charge in [0.1, 0.15) is 5.56 Å². The second-order valence-corrected chi connectivity index (χ2v) is 3.40. The van der Waals surface area contributed by atoms with Crippen molar-refractivity contribution < 1.29 is 19.1 Å². The fourth-order valence-electron chi connectivity index (χ4n) is 1.55. The van der Waals surface area contributed by atoms with E-state index in [2.05, 4.69) is 36.0 Å². The number of aromatic nitrogens is 1. The summed E-state index contributed by atoms with van der Waals surface area (Å²) in [5.41, 5.74) is 0.644. The summed E-state index contributed by atoms with van der Waals surface area (Å²) in [4.78, 5) is 27.7. The minimum absolute atomic E-state index is 0.0656. The Morgan fingerprint density at radius 1 is 1.00 bits per heavy atom. The molecule has 0 atom stereocenters. The van der Waals surface area contributed by atoms with Crippen LogP contribution in [0.2, 0.25) is 0 Å². The Kier molecular flexibility index (Phi) is 5.17. The summed E-state index contributed by atoms with van der Waals surface area (Å²) in [5, 5.41) is 0. The van der Waals surface area contributed by atoms with E-state index in [-0.39, 0.29) is 11.3 Å². The fraction of sp³-hybridized carbons (Fsp3) is 0. The van der Waals surface area contributed by atoms with Crippen LogP contribution in [0, 0.1) is 0 Å². The fourth-order valence-corrected chi connectivity index (χ4v) is 1.55. The Morgan fingerprint density at radius 3 is 2.10 bits per heavy atom. The molecule has 0 amide bonds. The predicted octanol–water partition coefficient (Wildman–Crippen LogP) is 2.97. The molecule has 0 bridgehead atoms. The molecule has 0 saturated heterocycles. The summed E-state index contributed by atoms with van der Waals surface area (Å²) in [6.07, 6.45) is 6.18. The molecule has 1 rings (SSSR count). The number of hydrogen-bond donors (Lipinski definition) is 0. The van der Waals surface area contributed by atoms with Gasteiger partial charge in [-0.2, -0.15) is 0 Å². The molecule has 0 aromatic carbocycles. The predicted molar refractivity (Wildman–Crippen MR) is 75.6 cm³/mol. The monoisotopic (exact) mass is 271 g/mol. The summed E-state index contributed by atoms with van der Waals surface area (Å²) in [6, 6.07) is 0. The summed E-state index contributed by atoms with van der Waals surface area (Å²) < 4.78 is 9.35. The van der Waals surface area contributed by atoms with Gasteiger partial charge < -0.3 is 9.47 Å². The number of hydrogen-bond acceptors (Lipinski definition) is 5. The molecule has 0 aliphatic heterocycles. The zero-order valence-corrected chi connectivity index (χ0v) is 10.8. The van der Waals surface area contributed by atoms with Gasteiger partial charge in [-0.1, -0.05) is 38.5 Å². The average molecular weight is 271 g/mol. The average Bonchev–Trinajstić information content (AvgIpc) is 2.45. The third-order valence-electron chi connectivity index (χ3n) is 2.35. The number of nitrogens with zero attached hydrogens (tertiary/aromatic N) is 1. The normalized spacial score (nSPS) is 9.20. The lowest BCUT2D eigenvalue weighted by Gasteiger charge is -2.11. The van der Waals surface area contributed by atoms with Gasteiger partial charge in [-0.15, -0.1) is 0 Å². The van der Waals surface area contributed by atoms with Crippen LogP contribution in [0.15, 0.2) is 45.0 Å². The Labute approximate surface area is 116 Å². The van der Waals surface area contributed by atoms with Crippen LogP contribution in [-0.4, -0.2) is 16.9 Å². The van der Waals surface area contributed by atoms with Crippen molar-refractivity contribution in [2.24, 2.45) is 0 Å². The van der Waals surface area contributed by atoms with Crippen molar-refractivity contribution >= 4 is 24.1 Å². The van der Waals surface area contributed by atoms with Crippen LogP contribution >= 0.6 is 0 Å². The van der Waals surface area contributed by atoms with E-state index in [0.29, 0.717) is 11.1 Å². The van der Waals surface area contributed by atoms with Crippen LogP contribution in [-0.2, 0) is 9.47 Å². The maximum Gasteiger partial charge on any atom is 0.362 e. The molecular formula is C15H13NO4. The Bertz CT molecular complexity index is 602. The molecule has 5 heteroatoms. The van der Waals surface area contributed by atoms with Gasteiger partial charge in [0.2, 0.25) is 0 Å². The second kappa shape index (κ2) is 6.84. The van der Waals surface area contributed by atoms with Crippen LogP contribution in [0.4, 0.5) is 0 Å². The van der Waals surface area contributed by atoms with Crippen LogP contribution in [0.3, 0.4) is 0 Å². The maximum atomic E-state index is 12.0. The zero-order chi connectivity index (χ0) is 15.1. The third kappa shape index (κ3) is 2.89. The lowest BCUT2D eigenvalue weighted by molar-refractivity contribution is 0.0614. The first-order valence-corrected chi connectivity index (χ1v) is 5.52. The smallest absolute Gasteiger partial charge is 0.362 e. The van der Waals surface area contributed by atoms with Crippen molar-refractivity contribution in [1.82, 2.24) is 4.98 Å². The molecule has 0 N–H and O–H groups in total. The zero-order valence-electron chi connectivity index (χ0n) is 10.8. The highest BCUT2D eigenvalue weighted by Gasteiger charge is 2.25. The summed E-state index contributed by atoms with van der Waals surface area (Å²) in [7, 11) is 0. The number of carbonyl (C=O) groups is 2. The van der Waals surface area contributed by atoms with Gasteiger partial charge >= 0.3 is 11.9 Å². The first-order chi connectivity index (χ1) is 9.60. The SMILES string of the molecule is C=COC(=O)c1ncc(C=C)c(C=C)c1C(=O)OC=C. The summed E-state index contributed by atoms with van der Waals surface area (Å²) in [5.74, 6) is -1.61. The van der Waals surface area contributed by atoms with E-state index in [9.17, 15) is 9.59 Å². The molecule has 0 aliphatic rings. The van der Waals surface area contributed by atoms with Crippen molar-refractivity contribution in [2.45, 2.75) is 0 Å². The van der Waals surface area contributed by atoms with Crippen molar-refractivity contribution in [1.29, 1.82) is 0 Å². The van der Waals surface area contributed by atoms with E-state index < -0.39 is 11.9 Å². The molecule has 5 nitrogen and oxygen atoms in total. The van der Waals surface area contributed by atoms with E-state index in [4.69, 9.17) is 4.74 Å². The van der Waals surface area contributed by atoms with Crippen molar-refractivity contribution in [3.8, 4) is 0 Å². The van der Waals surface area contributed by atoms with Crippen LogP contribution in [0.25, 0.3) is 12.2 Å². The molecule has 0 fully saturated rings. The van der Waals surface area contributed by atoms with E-state index in [1.807, 2.05) is 0 Å². The Balaban J connectivity index is 3.59. The topological polar surface area (TPSA) is 65.5 Å². The highest BCUT2D eigenvalue weighted by atomic mass is 16.5. The molecular weight excluding hydrogens is 258 g/mol. The van der Waals surface area contributed by atoms with E-state index in [1.165, 1.54) is 18.3 Å². The maximum absolute atomic E-state index is 12.0. The van der Waals surface area contributed by atoms with E-state index in [0.717, 1.165) is 12.5 Å². The van der Waals surface area contributed by atoms with Gasteiger partial charge in [-0.05, 0) is 5.56 Å². The quantitative estimate of drug-likeness (QED) is 0.588. The van der Waals surface area contributed by atoms with Gasteiger partial charge in [-0.25, -0.2) is 14.6 Å². The molecule has 102 valence electrons. The molecule has 1 heterocycles. The summed E-state index contributed by atoms with van der Waals surface area (Å²) >= 11 is 0. The number of ether oxygens (including phenoxy) is 2. The number of rotatable bonds is 6. The number of pyridine rings is 1. The molecule has 20 heavy (non-hydrogen) atoms. The first kappa shape index (κ1) is 15.1. The Morgan fingerprint density at radius 2 is 1.60 bits per heavy atom. The third-order valence-corrected chi connectivity index (χ3v) is 2.35. The van der Waals surface area contributed by atoms with Crippen LogP contribution in [0.1, 0.15) is 32.0 Å². The van der Waals surface area contributed by atoms with Gasteiger partial charge in [-0.3, -0.25) is 0 Å². The highest BCUT2D eigenvalue weighted by Crippen LogP contribution is 2.22. The second-order valence-electron chi connectivity index (χ2n) is 3.40. The molecule has 0 aliphatic carbocycles. The van der Waals surface area contributed by atoms with E-state index >= 15 is 0 Å². The standard InChI is InChI=1S/C15H13NO4/c1-5-10-9-16-13(15(18)20-8-4)12(11(10)6-2)14(17)19-7-3/h5-9H,1-4H2.